The second kappa shape index (κ2) is 13.1. The number of carboxylic acids is 1. The number of benzene rings is 2. The molecule has 1 aliphatic rings. The number of para-hydroxylation sites is 2. The van der Waals surface area contributed by atoms with Crippen molar-refractivity contribution in [2.75, 3.05) is 6.54 Å². The van der Waals surface area contributed by atoms with Gasteiger partial charge in [0.25, 0.3) is 5.91 Å². The molecule has 2 N–H and O–H groups in total. The molecule has 2 aromatic carbocycles. The normalized spacial score (nSPS) is 17.6. The van der Waals surface area contributed by atoms with Crippen LogP contribution in [0, 0.1) is 11.3 Å². The molecule has 0 spiro atoms. The number of rotatable bonds is 9. The van der Waals surface area contributed by atoms with Crippen LogP contribution >= 0.6 is 0 Å². The molecule has 2 amide bonds. The van der Waals surface area contributed by atoms with E-state index in [1.54, 1.807) is 24.3 Å². The van der Waals surface area contributed by atoms with E-state index >= 15 is 0 Å². The van der Waals surface area contributed by atoms with Crippen LogP contribution in [0.15, 0.2) is 48.5 Å². The Balaban J connectivity index is 1.78. The van der Waals surface area contributed by atoms with Crippen LogP contribution in [-0.2, 0) is 11.3 Å². The number of aliphatic carboxylic acids is 1. The summed E-state index contributed by atoms with van der Waals surface area (Å²) in [4.78, 5) is 37.9. The number of alkyl halides is 3. The SMILES string of the molecule is CC(C)(C)C1CCC(N(Cc2ccc(C(=O)NCCC(=O)O)cc2)C(=O)Oc2ccccc2OC(F)(F)F)CC1. The van der Waals surface area contributed by atoms with Gasteiger partial charge >= 0.3 is 18.4 Å². The summed E-state index contributed by atoms with van der Waals surface area (Å²) in [5, 5.41) is 11.3. The third-order valence-electron chi connectivity index (χ3n) is 7.06. The first-order valence-electron chi connectivity index (χ1n) is 13.1. The van der Waals surface area contributed by atoms with Gasteiger partial charge in [0.1, 0.15) is 0 Å². The molecule has 1 aliphatic carbocycles. The minimum absolute atomic E-state index is 0.00764. The number of hydrogen-bond donors (Lipinski definition) is 2. The number of carboxylic acid groups (broad SMARTS) is 1. The van der Waals surface area contributed by atoms with Crippen molar-refractivity contribution in [2.45, 2.75) is 71.8 Å². The van der Waals surface area contributed by atoms with Gasteiger partial charge in [-0.15, -0.1) is 13.2 Å². The highest BCUT2D eigenvalue weighted by atomic mass is 19.4. The molecule has 8 nitrogen and oxygen atoms in total. The fourth-order valence-corrected chi connectivity index (χ4v) is 4.84. The van der Waals surface area contributed by atoms with Crippen LogP contribution in [-0.4, -0.2) is 46.9 Å². The molecule has 218 valence electrons. The van der Waals surface area contributed by atoms with E-state index in [2.05, 4.69) is 30.8 Å². The summed E-state index contributed by atoms with van der Waals surface area (Å²) in [5.74, 6) is -1.93. The molecular weight excluding hydrogens is 529 g/mol. The van der Waals surface area contributed by atoms with Crippen molar-refractivity contribution in [3.05, 3.63) is 59.7 Å². The van der Waals surface area contributed by atoms with E-state index in [1.165, 1.54) is 23.1 Å². The molecule has 0 bridgehead atoms. The number of ether oxygens (including phenoxy) is 2. The van der Waals surface area contributed by atoms with Crippen LogP contribution in [0.2, 0.25) is 0 Å². The van der Waals surface area contributed by atoms with Crippen LogP contribution in [0.25, 0.3) is 0 Å². The molecule has 0 unspecified atom stereocenters. The van der Waals surface area contributed by atoms with E-state index < -0.39 is 30.1 Å². The zero-order valence-corrected chi connectivity index (χ0v) is 22.8. The first-order chi connectivity index (χ1) is 18.7. The van der Waals surface area contributed by atoms with Gasteiger partial charge in [0, 0.05) is 24.7 Å². The predicted molar refractivity (Wildman–Crippen MR) is 141 cm³/mol. The molecular formula is C29H35F3N2O6. The van der Waals surface area contributed by atoms with Crippen molar-refractivity contribution >= 4 is 18.0 Å². The summed E-state index contributed by atoms with van der Waals surface area (Å²) >= 11 is 0. The van der Waals surface area contributed by atoms with Gasteiger partial charge < -0.3 is 24.8 Å². The van der Waals surface area contributed by atoms with E-state index in [1.807, 2.05) is 0 Å². The number of nitrogens with zero attached hydrogens (tertiary/aromatic N) is 1. The van der Waals surface area contributed by atoms with Crippen molar-refractivity contribution in [3.63, 3.8) is 0 Å². The van der Waals surface area contributed by atoms with E-state index in [0.29, 0.717) is 29.9 Å². The predicted octanol–water partition coefficient (Wildman–Crippen LogP) is 6.40. The van der Waals surface area contributed by atoms with Crippen molar-refractivity contribution in [2.24, 2.45) is 11.3 Å². The van der Waals surface area contributed by atoms with Gasteiger partial charge in [-0.05, 0) is 66.8 Å². The number of halogens is 3. The lowest BCUT2D eigenvalue weighted by Crippen LogP contribution is -2.44. The molecule has 0 heterocycles. The van der Waals surface area contributed by atoms with Gasteiger partial charge in [0.2, 0.25) is 0 Å². The summed E-state index contributed by atoms with van der Waals surface area (Å²) in [6.07, 6.45) is -2.75. The van der Waals surface area contributed by atoms with Crippen LogP contribution < -0.4 is 14.8 Å². The fraction of sp³-hybridized carbons (Fsp3) is 0.483. The fourth-order valence-electron chi connectivity index (χ4n) is 4.84. The molecule has 0 aromatic heterocycles. The summed E-state index contributed by atoms with van der Waals surface area (Å²) in [6.45, 7) is 6.65. The van der Waals surface area contributed by atoms with Crippen LogP contribution in [0.3, 0.4) is 0 Å². The second-order valence-electron chi connectivity index (χ2n) is 11.0. The van der Waals surface area contributed by atoms with Crippen LogP contribution in [0.5, 0.6) is 11.5 Å². The first-order valence-corrected chi connectivity index (χ1v) is 13.1. The molecule has 3 rings (SSSR count). The quantitative estimate of drug-likeness (QED) is 0.365. The van der Waals surface area contributed by atoms with Crippen molar-refractivity contribution in [1.82, 2.24) is 10.2 Å². The van der Waals surface area contributed by atoms with Gasteiger partial charge in [0.05, 0.1) is 6.42 Å². The number of carbonyl (C=O) groups is 3. The molecule has 0 aliphatic heterocycles. The second-order valence-corrected chi connectivity index (χ2v) is 11.0. The topological polar surface area (TPSA) is 105 Å². The maximum atomic E-state index is 13.4. The number of nitrogens with one attached hydrogen (secondary N) is 1. The van der Waals surface area contributed by atoms with Crippen LogP contribution in [0.4, 0.5) is 18.0 Å². The molecule has 1 saturated carbocycles. The van der Waals surface area contributed by atoms with Gasteiger partial charge in [-0.2, -0.15) is 0 Å². The highest BCUT2D eigenvalue weighted by Crippen LogP contribution is 2.40. The van der Waals surface area contributed by atoms with E-state index in [4.69, 9.17) is 9.84 Å². The van der Waals surface area contributed by atoms with E-state index in [-0.39, 0.29) is 36.7 Å². The van der Waals surface area contributed by atoms with Crippen molar-refractivity contribution < 1.29 is 42.1 Å². The Bertz CT molecular complexity index is 1170. The Morgan fingerprint density at radius 2 is 1.55 bits per heavy atom. The highest BCUT2D eigenvalue weighted by molar-refractivity contribution is 5.94. The number of hydrogen-bond acceptors (Lipinski definition) is 5. The molecule has 2 aromatic rings. The molecule has 40 heavy (non-hydrogen) atoms. The third-order valence-corrected chi connectivity index (χ3v) is 7.06. The summed E-state index contributed by atoms with van der Waals surface area (Å²) in [5.41, 5.74) is 1.13. The monoisotopic (exact) mass is 564 g/mol. The van der Waals surface area contributed by atoms with Crippen LogP contribution in [0.1, 0.15) is 68.8 Å². The lowest BCUT2D eigenvalue weighted by atomic mass is 9.71. The van der Waals surface area contributed by atoms with E-state index in [0.717, 1.165) is 18.9 Å². The maximum Gasteiger partial charge on any atom is 0.573 e. The van der Waals surface area contributed by atoms with Gasteiger partial charge in [0.15, 0.2) is 11.5 Å². The average molecular weight is 565 g/mol. The average Bonchev–Trinajstić information content (AvgIpc) is 2.87. The van der Waals surface area contributed by atoms with E-state index in [9.17, 15) is 27.6 Å². The smallest absolute Gasteiger partial charge is 0.481 e. The Hall–Kier alpha value is -3.76. The maximum absolute atomic E-state index is 13.4. The minimum Gasteiger partial charge on any atom is -0.481 e. The van der Waals surface area contributed by atoms with Crippen molar-refractivity contribution in [3.8, 4) is 11.5 Å². The Kier molecular flexibility index (Phi) is 10.1. The number of carbonyl (C=O) groups excluding carboxylic acids is 2. The minimum atomic E-state index is -4.95. The standard InChI is InChI=1S/C29H35F3N2O6/c1-28(2,3)21-12-14-22(15-13-21)34(27(38)39-23-6-4-5-7-24(23)40-29(30,31)32)18-19-8-10-20(11-9-19)26(37)33-17-16-25(35)36/h4-11,21-22H,12-18H2,1-3H3,(H,33,37)(H,35,36). The third kappa shape index (κ3) is 9.17. The first kappa shape index (κ1) is 30.8. The Labute approximate surface area is 231 Å². The largest absolute Gasteiger partial charge is 0.573 e. The lowest BCUT2D eigenvalue weighted by molar-refractivity contribution is -0.275. The zero-order valence-electron chi connectivity index (χ0n) is 22.8. The molecule has 1 fully saturated rings. The highest BCUT2D eigenvalue weighted by Gasteiger charge is 2.36. The Morgan fingerprint density at radius 1 is 0.950 bits per heavy atom. The molecule has 0 saturated heterocycles. The lowest BCUT2D eigenvalue weighted by Gasteiger charge is -2.40. The summed E-state index contributed by atoms with van der Waals surface area (Å²) in [7, 11) is 0. The Morgan fingerprint density at radius 3 is 2.10 bits per heavy atom. The summed E-state index contributed by atoms with van der Waals surface area (Å²) in [6, 6.07) is 11.4. The van der Waals surface area contributed by atoms with Gasteiger partial charge in [-0.25, -0.2) is 4.79 Å². The summed E-state index contributed by atoms with van der Waals surface area (Å²) < 4.78 is 48.2. The van der Waals surface area contributed by atoms with Crippen molar-refractivity contribution in [1.29, 1.82) is 0 Å². The zero-order chi connectivity index (χ0) is 29.5. The van der Waals surface area contributed by atoms with Gasteiger partial charge in [-0.1, -0.05) is 45.0 Å². The molecule has 11 heteroatoms. The molecule has 0 atom stereocenters. The number of amides is 2. The van der Waals surface area contributed by atoms with Gasteiger partial charge in [-0.3, -0.25) is 9.59 Å². The molecule has 0 radical (unpaired) electrons.